The van der Waals surface area contributed by atoms with E-state index in [1.165, 1.54) is 0 Å². The first kappa shape index (κ1) is 18.2. The van der Waals surface area contributed by atoms with Crippen LogP contribution in [0.4, 0.5) is 0 Å². The first-order chi connectivity index (χ1) is 13.4. The molecule has 2 aromatic carbocycles. The van der Waals surface area contributed by atoms with E-state index in [9.17, 15) is 19.8 Å². The third kappa shape index (κ3) is 2.93. The first-order valence-corrected chi connectivity index (χ1v) is 8.77. The lowest BCUT2D eigenvalue weighted by Crippen LogP contribution is -2.23. The van der Waals surface area contributed by atoms with E-state index >= 15 is 0 Å². The summed E-state index contributed by atoms with van der Waals surface area (Å²) >= 11 is 0. The first-order valence-electron chi connectivity index (χ1n) is 8.77. The van der Waals surface area contributed by atoms with Crippen molar-refractivity contribution in [1.29, 1.82) is 0 Å². The van der Waals surface area contributed by atoms with Crippen LogP contribution in [-0.4, -0.2) is 10.2 Å². The van der Waals surface area contributed by atoms with Crippen molar-refractivity contribution in [2.75, 3.05) is 0 Å². The molecule has 2 unspecified atom stereocenters. The Morgan fingerprint density at radius 3 is 1.50 bits per heavy atom. The molecule has 0 radical (unpaired) electrons. The maximum Gasteiger partial charge on any atom is 0.198 e. The van der Waals surface area contributed by atoms with Gasteiger partial charge in [0.25, 0.3) is 0 Å². The monoisotopic (exact) mass is 378 g/mol. The molecule has 0 amide bonds. The molecule has 0 saturated carbocycles. The number of aliphatic hydroxyl groups is 2. The second kappa shape index (κ2) is 6.74. The highest BCUT2D eigenvalue weighted by Crippen LogP contribution is 2.28. The fraction of sp³-hybridized carbons (Fsp3) is 0.182. The van der Waals surface area contributed by atoms with Crippen LogP contribution in [0.15, 0.2) is 67.3 Å². The Bertz CT molecular complexity index is 1210. The Morgan fingerprint density at radius 1 is 0.714 bits per heavy atom. The van der Waals surface area contributed by atoms with Crippen molar-refractivity contribution in [3.05, 3.63) is 91.6 Å². The van der Waals surface area contributed by atoms with E-state index in [0.717, 1.165) is 23.7 Å². The van der Waals surface area contributed by atoms with Gasteiger partial charge in [0.15, 0.2) is 10.9 Å². The number of aliphatic hydroxyl groups excluding tert-OH is 2. The zero-order chi connectivity index (χ0) is 20.0. The molecule has 0 fully saturated rings. The van der Waals surface area contributed by atoms with E-state index in [4.69, 9.17) is 8.83 Å². The van der Waals surface area contributed by atoms with Gasteiger partial charge in [-0.2, -0.15) is 0 Å². The normalized spacial score (nSPS) is 13.7. The number of fused-ring (bicyclic) bond motifs is 2. The molecular formula is C22H18O6. The molecule has 2 atom stereocenters. The van der Waals surface area contributed by atoms with Crippen molar-refractivity contribution < 1.29 is 19.0 Å². The van der Waals surface area contributed by atoms with Gasteiger partial charge in [-0.1, -0.05) is 12.1 Å². The summed E-state index contributed by atoms with van der Waals surface area (Å²) in [5.41, 5.74) is 1.43. The van der Waals surface area contributed by atoms with Gasteiger partial charge >= 0.3 is 0 Å². The Balaban J connectivity index is 1.79. The lowest BCUT2D eigenvalue weighted by molar-refractivity contribution is 0.0143. The summed E-state index contributed by atoms with van der Waals surface area (Å²) in [6.07, 6.45) is -1.06. The minimum atomic E-state index is -1.65. The predicted molar refractivity (Wildman–Crippen MR) is 104 cm³/mol. The Kier molecular flexibility index (Phi) is 4.37. The summed E-state index contributed by atoms with van der Waals surface area (Å²) in [6, 6.07) is 10.1. The minimum absolute atomic E-state index is 0.132. The van der Waals surface area contributed by atoms with Crippen LogP contribution in [0.3, 0.4) is 0 Å². The highest BCUT2D eigenvalue weighted by molar-refractivity contribution is 5.78. The van der Waals surface area contributed by atoms with Crippen LogP contribution in [0.5, 0.6) is 0 Å². The third-order valence-corrected chi connectivity index (χ3v) is 4.85. The number of aryl methyl sites for hydroxylation is 2. The van der Waals surface area contributed by atoms with Gasteiger partial charge in [0.2, 0.25) is 0 Å². The SMILES string of the molecule is Cc1ccc2c(=O)c(C(O)C(O)c3coc4cc(C)ccc4c3=O)coc2c1. The molecule has 2 N–H and O–H groups in total. The summed E-state index contributed by atoms with van der Waals surface area (Å²) in [5, 5.41) is 21.7. The molecule has 28 heavy (non-hydrogen) atoms. The molecule has 0 spiro atoms. The number of rotatable bonds is 3. The standard InChI is InChI=1S/C22H18O6/c1-11-3-5-13-17(7-11)27-9-15(19(13)23)21(25)22(26)16-10-28-18-8-12(2)4-6-14(18)20(16)24/h3-10,21-22,25-26H,1-2H3. The summed E-state index contributed by atoms with van der Waals surface area (Å²) in [5.74, 6) is 0. The summed E-state index contributed by atoms with van der Waals surface area (Å²) in [7, 11) is 0. The van der Waals surface area contributed by atoms with Crippen LogP contribution >= 0.6 is 0 Å². The molecule has 0 aliphatic rings. The fourth-order valence-corrected chi connectivity index (χ4v) is 3.25. The molecule has 6 nitrogen and oxygen atoms in total. The zero-order valence-electron chi connectivity index (χ0n) is 15.3. The topological polar surface area (TPSA) is 101 Å². The summed E-state index contributed by atoms with van der Waals surface area (Å²) < 4.78 is 10.9. The van der Waals surface area contributed by atoms with E-state index in [1.807, 2.05) is 13.8 Å². The molecule has 6 heteroatoms. The van der Waals surface area contributed by atoms with E-state index in [0.29, 0.717) is 11.2 Å². The predicted octanol–water partition coefficient (Wildman–Crippen LogP) is 3.28. The van der Waals surface area contributed by atoms with E-state index in [-0.39, 0.29) is 21.9 Å². The highest BCUT2D eigenvalue weighted by atomic mass is 16.3. The van der Waals surface area contributed by atoms with Crippen LogP contribution < -0.4 is 10.9 Å². The van der Waals surface area contributed by atoms with Crippen LogP contribution in [0.2, 0.25) is 0 Å². The Hall–Kier alpha value is -3.22. The molecule has 0 saturated heterocycles. The second-order valence-electron chi connectivity index (χ2n) is 6.93. The highest BCUT2D eigenvalue weighted by Gasteiger charge is 2.27. The zero-order valence-corrected chi connectivity index (χ0v) is 15.3. The molecule has 0 aliphatic carbocycles. The van der Waals surface area contributed by atoms with Gasteiger partial charge in [-0.3, -0.25) is 9.59 Å². The third-order valence-electron chi connectivity index (χ3n) is 4.85. The van der Waals surface area contributed by atoms with Gasteiger partial charge in [0.1, 0.15) is 35.9 Å². The van der Waals surface area contributed by atoms with Crippen LogP contribution in [0, 0.1) is 13.8 Å². The average Bonchev–Trinajstić information content (AvgIpc) is 2.67. The van der Waals surface area contributed by atoms with Crippen LogP contribution in [-0.2, 0) is 0 Å². The van der Waals surface area contributed by atoms with Gasteiger partial charge in [0.05, 0.1) is 21.9 Å². The summed E-state index contributed by atoms with van der Waals surface area (Å²) in [4.78, 5) is 25.4. The van der Waals surface area contributed by atoms with Crippen LogP contribution in [0.25, 0.3) is 21.9 Å². The molecule has 0 aliphatic heterocycles. The average molecular weight is 378 g/mol. The van der Waals surface area contributed by atoms with Gasteiger partial charge in [-0.05, 0) is 49.2 Å². The van der Waals surface area contributed by atoms with Gasteiger partial charge in [-0.25, -0.2) is 0 Å². The number of hydrogen-bond donors (Lipinski definition) is 2. The maximum atomic E-state index is 12.7. The minimum Gasteiger partial charge on any atom is -0.464 e. The molecule has 2 aromatic heterocycles. The van der Waals surface area contributed by atoms with E-state index < -0.39 is 23.1 Å². The van der Waals surface area contributed by atoms with Crippen molar-refractivity contribution in [2.24, 2.45) is 0 Å². The van der Waals surface area contributed by atoms with Gasteiger partial charge in [0, 0.05) is 0 Å². The fourth-order valence-electron chi connectivity index (χ4n) is 3.25. The Labute approximate surface area is 159 Å². The Morgan fingerprint density at radius 2 is 1.11 bits per heavy atom. The van der Waals surface area contributed by atoms with Crippen molar-refractivity contribution in [3.8, 4) is 0 Å². The molecule has 4 rings (SSSR count). The van der Waals surface area contributed by atoms with Crippen molar-refractivity contribution in [3.63, 3.8) is 0 Å². The number of benzene rings is 2. The van der Waals surface area contributed by atoms with Crippen molar-refractivity contribution >= 4 is 21.9 Å². The number of hydrogen-bond acceptors (Lipinski definition) is 6. The van der Waals surface area contributed by atoms with E-state index in [1.54, 1.807) is 36.4 Å². The maximum absolute atomic E-state index is 12.7. The lowest BCUT2D eigenvalue weighted by Gasteiger charge is -2.17. The molecule has 0 bridgehead atoms. The van der Waals surface area contributed by atoms with Crippen molar-refractivity contribution in [2.45, 2.75) is 26.1 Å². The van der Waals surface area contributed by atoms with Gasteiger partial charge in [-0.15, -0.1) is 0 Å². The van der Waals surface area contributed by atoms with E-state index in [2.05, 4.69) is 0 Å². The van der Waals surface area contributed by atoms with Crippen LogP contribution in [0.1, 0.15) is 34.5 Å². The quantitative estimate of drug-likeness (QED) is 0.567. The summed E-state index contributed by atoms with van der Waals surface area (Å²) in [6.45, 7) is 3.74. The van der Waals surface area contributed by atoms with Gasteiger partial charge < -0.3 is 19.0 Å². The van der Waals surface area contributed by atoms with Crippen molar-refractivity contribution in [1.82, 2.24) is 0 Å². The molecule has 4 aromatic rings. The molecular weight excluding hydrogens is 360 g/mol. The smallest absolute Gasteiger partial charge is 0.198 e. The second-order valence-corrected chi connectivity index (χ2v) is 6.93. The molecule has 142 valence electrons. The lowest BCUT2D eigenvalue weighted by atomic mass is 9.98. The largest absolute Gasteiger partial charge is 0.464 e. The molecule has 2 heterocycles.